The third kappa shape index (κ3) is 5.27. The zero-order valence-corrected chi connectivity index (χ0v) is 14.4. The maximum atomic E-state index is 13.7. The summed E-state index contributed by atoms with van der Waals surface area (Å²) in [5, 5.41) is 6.25. The van der Waals surface area contributed by atoms with E-state index in [0.29, 0.717) is 21.9 Å². The van der Waals surface area contributed by atoms with E-state index in [2.05, 4.69) is 26.6 Å². The summed E-state index contributed by atoms with van der Waals surface area (Å²) in [5.41, 5.74) is 0.330. The van der Waals surface area contributed by atoms with Gasteiger partial charge >= 0.3 is 0 Å². The van der Waals surface area contributed by atoms with Crippen LogP contribution in [0.5, 0.6) is 5.75 Å². The number of thiocarbonyl (C=S) groups is 1. The smallest absolute Gasteiger partial charge is 0.171 e. The highest BCUT2D eigenvalue weighted by Crippen LogP contribution is 2.19. The largest absolute Gasteiger partial charge is 0.491 e. The molecule has 0 aliphatic rings. The standard InChI is InChI=1S/C16H16BrFN2OS/c1-11(10-21-13-5-3-2-4-6-13)19-16(22)20-15-8-7-12(17)9-14(15)18/h2-9,11H,10H2,1H3,(H2,19,20,22)/t11-/m0/s1. The first-order valence-corrected chi connectivity index (χ1v) is 7.95. The fraction of sp³-hybridized carbons (Fsp3) is 0.188. The lowest BCUT2D eigenvalue weighted by Crippen LogP contribution is -2.39. The van der Waals surface area contributed by atoms with E-state index < -0.39 is 0 Å². The minimum absolute atomic E-state index is 0.0151. The summed E-state index contributed by atoms with van der Waals surface area (Å²) in [7, 11) is 0. The Bertz CT molecular complexity index is 639. The Labute approximate surface area is 143 Å². The van der Waals surface area contributed by atoms with E-state index in [4.69, 9.17) is 17.0 Å². The van der Waals surface area contributed by atoms with Gasteiger partial charge in [-0.05, 0) is 49.5 Å². The maximum Gasteiger partial charge on any atom is 0.171 e. The summed E-state index contributed by atoms with van der Waals surface area (Å²) in [6.07, 6.45) is 0. The van der Waals surface area contributed by atoms with E-state index in [1.807, 2.05) is 37.3 Å². The first kappa shape index (κ1) is 16.7. The van der Waals surface area contributed by atoms with Crippen LogP contribution in [0.2, 0.25) is 0 Å². The van der Waals surface area contributed by atoms with E-state index in [-0.39, 0.29) is 11.9 Å². The van der Waals surface area contributed by atoms with Gasteiger partial charge in [-0.3, -0.25) is 0 Å². The van der Waals surface area contributed by atoms with Crippen molar-refractivity contribution < 1.29 is 9.13 Å². The number of hydrogen-bond acceptors (Lipinski definition) is 2. The Morgan fingerprint density at radius 3 is 2.68 bits per heavy atom. The lowest BCUT2D eigenvalue weighted by Gasteiger charge is -2.18. The van der Waals surface area contributed by atoms with Crippen molar-refractivity contribution in [1.82, 2.24) is 5.32 Å². The quantitative estimate of drug-likeness (QED) is 0.753. The lowest BCUT2D eigenvalue weighted by atomic mass is 10.3. The molecule has 0 unspecified atom stereocenters. The minimum atomic E-state index is -0.369. The average Bonchev–Trinajstić information content (AvgIpc) is 2.49. The molecule has 0 amide bonds. The van der Waals surface area contributed by atoms with E-state index in [9.17, 15) is 4.39 Å². The third-order valence-corrected chi connectivity index (χ3v) is 3.51. The van der Waals surface area contributed by atoms with Crippen molar-refractivity contribution in [2.75, 3.05) is 11.9 Å². The summed E-state index contributed by atoms with van der Waals surface area (Å²) in [4.78, 5) is 0. The molecule has 0 aliphatic carbocycles. The fourth-order valence-electron chi connectivity index (χ4n) is 1.75. The molecule has 2 rings (SSSR count). The highest BCUT2D eigenvalue weighted by molar-refractivity contribution is 9.10. The van der Waals surface area contributed by atoms with Crippen molar-refractivity contribution in [2.45, 2.75) is 13.0 Å². The van der Waals surface area contributed by atoms with Gasteiger partial charge in [-0.15, -0.1) is 0 Å². The van der Waals surface area contributed by atoms with Gasteiger partial charge in [-0.25, -0.2) is 4.39 Å². The van der Waals surface area contributed by atoms with Gasteiger partial charge in [-0.2, -0.15) is 0 Å². The van der Waals surface area contributed by atoms with Crippen LogP contribution in [-0.4, -0.2) is 17.8 Å². The van der Waals surface area contributed by atoms with E-state index in [1.165, 1.54) is 6.07 Å². The van der Waals surface area contributed by atoms with Gasteiger partial charge in [0.2, 0.25) is 0 Å². The van der Waals surface area contributed by atoms with Crippen molar-refractivity contribution in [2.24, 2.45) is 0 Å². The number of anilines is 1. The van der Waals surface area contributed by atoms with Crippen molar-refractivity contribution >= 4 is 38.9 Å². The van der Waals surface area contributed by atoms with Crippen LogP contribution in [0, 0.1) is 5.82 Å². The molecule has 0 aromatic heterocycles. The van der Waals surface area contributed by atoms with Gasteiger partial charge in [0.15, 0.2) is 5.11 Å². The molecule has 1 atom stereocenters. The maximum absolute atomic E-state index is 13.7. The van der Waals surface area contributed by atoms with Crippen LogP contribution in [0.3, 0.4) is 0 Å². The second-order valence-electron chi connectivity index (χ2n) is 4.75. The SMILES string of the molecule is C[C@@H](COc1ccccc1)NC(=S)Nc1ccc(Br)cc1F. The molecule has 0 radical (unpaired) electrons. The van der Waals surface area contributed by atoms with Crippen LogP contribution in [0.15, 0.2) is 53.0 Å². The number of hydrogen-bond donors (Lipinski definition) is 2. The molecule has 6 heteroatoms. The van der Waals surface area contributed by atoms with Gasteiger partial charge in [0, 0.05) is 4.47 Å². The van der Waals surface area contributed by atoms with E-state index in [0.717, 1.165) is 5.75 Å². The molecule has 0 aliphatic heterocycles. The van der Waals surface area contributed by atoms with E-state index in [1.54, 1.807) is 12.1 Å². The van der Waals surface area contributed by atoms with Crippen molar-refractivity contribution in [3.8, 4) is 5.75 Å². The molecule has 0 saturated carbocycles. The van der Waals surface area contributed by atoms with Crippen LogP contribution < -0.4 is 15.4 Å². The van der Waals surface area contributed by atoms with Crippen LogP contribution in [0.25, 0.3) is 0 Å². The zero-order chi connectivity index (χ0) is 15.9. The van der Waals surface area contributed by atoms with Gasteiger partial charge in [0.1, 0.15) is 18.2 Å². The van der Waals surface area contributed by atoms with E-state index >= 15 is 0 Å². The topological polar surface area (TPSA) is 33.3 Å². The molecule has 2 aromatic rings. The Morgan fingerprint density at radius 2 is 2.00 bits per heavy atom. The number of para-hydroxylation sites is 1. The highest BCUT2D eigenvalue weighted by Gasteiger charge is 2.08. The summed E-state index contributed by atoms with van der Waals surface area (Å²) < 4.78 is 20.0. The number of ether oxygens (including phenoxy) is 1. The van der Waals surface area contributed by atoms with Crippen molar-refractivity contribution in [1.29, 1.82) is 0 Å². The van der Waals surface area contributed by atoms with Gasteiger partial charge in [-0.1, -0.05) is 34.1 Å². The third-order valence-electron chi connectivity index (χ3n) is 2.80. The molecule has 0 heterocycles. The minimum Gasteiger partial charge on any atom is -0.491 e. The molecule has 22 heavy (non-hydrogen) atoms. The van der Waals surface area contributed by atoms with Gasteiger partial charge in [0.25, 0.3) is 0 Å². The average molecular weight is 383 g/mol. The molecule has 0 fully saturated rings. The molecule has 0 bridgehead atoms. The summed E-state index contributed by atoms with van der Waals surface area (Å²) in [5.74, 6) is 0.431. The molecule has 3 nitrogen and oxygen atoms in total. The Morgan fingerprint density at radius 1 is 1.27 bits per heavy atom. The summed E-state index contributed by atoms with van der Waals surface area (Å²) in [6.45, 7) is 2.39. The lowest BCUT2D eigenvalue weighted by molar-refractivity contribution is 0.287. The molecule has 0 saturated heterocycles. The van der Waals surface area contributed by atoms with Gasteiger partial charge < -0.3 is 15.4 Å². The molecular formula is C16H16BrFN2OS. The molecule has 2 N–H and O–H groups in total. The second kappa shape index (κ2) is 8.10. The molecule has 2 aromatic carbocycles. The highest BCUT2D eigenvalue weighted by atomic mass is 79.9. The normalized spacial score (nSPS) is 11.6. The second-order valence-corrected chi connectivity index (χ2v) is 6.07. The molecule has 0 spiro atoms. The number of benzene rings is 2. The van der Waals surface area contributed by atoms with Crippen LogP contribution >= 0.6 is 28.1 Å². The van der Waals surface area contributed by atoms with Crippen molar-refractivity contribution in [3.63, 3.8) is 0 Å². The number of nitrogens with one attached hydrogen (secondary N) is 2. The zero-order valence-electron chi connectivity index (χ0n) is 12.0. The predicted molar refractivity (Wildman–Crippen MR) is 94.9 cm³/mol. The van der Waals surface area contributed by atoms with Gasteiger partial charge in [0.05, 0.1) is 11.7 Å². The Hall–Kier alpha value is -1.66. The summed E-state index contributed by atoms with van der Waals surface area (Å²) in [6, 6.07) is 14.3. The Balaban J connectivity index is 1.81. The summed E-state index contributed by atoms with van der Waals surface area (Å²) >= 11 is 8.39. The Kier molecular flexibility index (Phi) is 6.15. The predicted octanol–water partition coefficient (Wildman–Crippen LogP) is 4.34. The van der Waals surface area contributed by atoms with Crippen LogP contribution in [-0.2, 0) is 0 Å². The fourth-order valence-corrected chi connectivity index (χ4v) is 2.40. The first-order chi connectivity index (χ1) is 10.5. The monoisotopic (exact) mass is 382 g/mol. The molecule has 116 valence electrons. The number of halogens is 2. The van der Waals surface area contributed by atoms with Crippen LogP contribution in [0.4, 0.5) is 10.1 Å². The van der Waals surface area contributed by atoms with Crippen LogP contribution in [0.1, 0.15) is 6.92 Å². The van der Waals surface area contributed by atoms with Crippen molar-refractivity contribution in [3.05, 3.63) is 58.8 Å². The number of rotatable bonds is 5. The molecular weight excluding hydrogens is 367 g/mol. The first-order valence-electron chi connectivity index (χ1n) is 6.75.